The zero-order chi connectivity index (χ0) is 20.7. The van der Waals surface area contributed by atoms with E-state index in [1.54, 1.807) is 30.3 Å². The SMILES string of the molecule is O=C(NCc1ccc(F)cc1)[C@H](Cc1ccccc1)NS(=O)(=O)c1ccccc1. The van der Waals surface area contributed by atoms with Crippen LogP contribution in [0.3, 0.4) is 0 Å². The summed E-state index contributed by atoms with van der Waals surface area (Å²) in [5.41, 5.74) is 1.54. The largest absolute Gasteiger partial charge is 0.351 e. The van der Waals surface area contributed by atoms with Crippen LogP contribution in [0.15, 0.2) is 89.8 Å². The highest BCUT2D eigenvalue weighted by atomic mass is 32.2. The van der Waals surface area contributed by atoms with E-state index < -0.39 is 22.0 Å². The maximum Gasteiger partial charge on any atom is 0.241 e. The van der Waals surface area contributed by atoms with E-state index in [4.69, 9.17) is 0 Å². The van der Waals surface area contributed by atoms with Crippen molar-refractivity contribution >= 4 is 15.9 Å². The lowest BCUT2D eigenvalue weighted by atomic mass is 10.1. The number of hydrogen-bond donors (Lipinski definition) is 2. The van der Waals surface area contributed by atoms with Crippen LogP contribution in [0.5, 0.6) is 0 Å². The van der Waals surface area contributed by atoms with Crippen LogP contribution in [0.1, 0.15) is 11.1 Å². The van der Waals surface area contributed by atoms with E-state index >= 15 is 0 Å². The molecule has 0 bridgehead atoms. The molecule has 0 aliphatic heterocycles. The Hall–Kier alpha value is -3.03. The molecule has 0 radical (unpaired) electrons. The van der Waals surface area contributed by atoms with Gasteiger partial charge in [0.15, 0.2) is 0 Å². The maximum atomic E-state index is 13.0. The number of halogens is 1. The summed E-state index contributed by atoms with van der Waals surface area (Å²) in [6.07, 6.45) is 0.197. The van der Waals surface area contributed by atoms with Crippen LogP contribution in [-0.4, -0.2) is 20.4 Å². The number of carbonyl (C=O) groups excluding carboxylic acids is 1. The summed E-state index contributed by atoms with van der Waals surface area (Å²) in [5, 5.41) is 2.72. The van der Waals surface area contributed by atoms with Gasteiger partial charge in [0.2, 0.25) is 15.9 Å². The second-order valence-electron chi connectivity index (χ2n) is 6.52. The molecule has 5 nitrogen and oxygen atoms in total. The van der Waals surface area contributed by atoms with Crippen molar-refractivity contribution in [1.29, 1.82) is 0 Å². The highest BCUT2D eigenvalue weighted by Gasteiger charge is 2.25. The van der Waals surface area contributed by atoms with Crippen molar-refractivity contribution in [2.24, 2.45) is 0 Å². The first-order valence-electron chi connectivity index (χ1n) is 9.07. The number of rotatable bonds is 8. The fourth-order valence-electron chi connectivity index (χ4n) is 2.81. The molecule has 0 aliphatic carbocycles. The molecule has 7 heteroatoms. The van der Waals surface area contributed by atoms with Gasteiger partial charge < -0.3 is 5.32 Å². The second-order valence-corrected chi connectivity index (χ2v) is 8.23. The molecule has 0 saturated heterocycles. The van der Waals surface area contributed by atoms with Gasteiger partial charge in [-0.3, -0.25) is 4.79 Å². The number of amides is 1. The Balaban J connectivity index is 1.76. The van der Waals surface area contributed by atoms with Crippen molar-refractivity contribution in [3.05, 3.63) is 102 Å². The highest BCUT2D eigenvalue weighted by molar-refractivity contribution is 7.89. The molecule has 0 fully saturated rings. The van der Waals surface area contributed by atoms with Crippen LogP contribution in [0.4, 0.5) is 4.39 Å². The molecule has 0 heterocycles. The normalized spacial score (nSPS) is 12.3. The van der Waals surface area contributed by atoms with Crippen LogP contribution in [0.2, 0.25) is 0 Å². The average Bonchev–Trinajstić information content (AvgIpc) is 2.74. The number of hydrogen-bond acceptors (Lipinski definition) is 3. The molecule has 3 aromatic rings. The van der Waals surface area contributed by atoms with Crippen LogP contribution >= 0.6 is 0 Å². The Labute approximate surface area is 169 Å². The molecule has 3 rings (SSSR count). The molecule has 0 saturated carbocycles. The summed E-state index contributed by atoms with van der Waals surface area (Å²) < 4.78 is 41.0. The molecule has 1 amide bonds. The molecule has 0 unspecified atom stereocenters. The molecule has 2 N–H and O–H groups in total. The van der Waals surface area contributed by atoms with Crippen LogP contribution in [-0.2, 0) is 27.8 Å². The van der Waals surface area contributed by atoms with Gasteiger partial charge >= 0.3 is 0 Å². The molecular formula is C22H21FN2O3S. The third-order valence-electron chi connectivity index (χ3n) is 4.33. The van der Waals surface area contributed by atoms with Crippen molar-refractivity contribution in [3.63, 3.8) is 0 Å². The minimum Gasteiger partial charge on any atom is -0.351 e. The molecule has 1 atom stereocenters. The number of sulfonamides is 1. The van der Waals surface area contributed by atoms with Gasteiger partial charge in [0.05, 0.1) is 4.90 Å². The lowest BCUT2D eigenvalue weighted by Gasteiger charge is -2.19. The van der Waals surface area contributed by atoms with E-state index in [0.29, 0.717) is 5.56 Å². The summed E-state index contributed by atoms with van der Waals surface area (Å²) in [5.74, 6) is -0.824. The van der Waals surface area contributed by atoms with Gasteiger partial charge in [-0.15, -0.1) is 0 Å². The van der Waals surface area contributed by atoms with Gasteiger partial charge in [-0.25, -0.2) is 12.8 Å². The summed E-state index contributed by atoms with van der Waals surface area (Å²) in [6.45, 7) is 0.164. The number of nitrogens with one attached hydrogen (secondary N) is 2. The van der Waals surface area contributed by atoms with E-state index in [1.165, 1.54) is 24.3 Å². The van der Waals surface area contributed by atoms with Crippen LogP contribution < -0.4 is 10.0 Å². The fraction of sp³-hybridized carbons (Fsp3) is 0.136. The van der Waals surface area contributed by atoms with Gasteiger partial charge in [0.1, 0.15) is 11.9 Å². The minimum absolute atomic E-state index is 0.0874. The quantitative estimate of drug-likeness (QED) is 0.597. The standard InChI is InChI=1S/C22H21FN2O3S/c23-19-13-11-18(12-14-19)16-24-22(26)21(15-17-7-3-1-4-8-17)25-29(27,28)20-9-5-2-6-10-20/h1-14,21,25H,15-16H2,(H,24,26)/t21-/m0/s1. The summed E-state index contributed by atoms with van der Waals surface area (Å²) in [7, 11) is -3.87. The summed E-state index contributed by atoms with van der Waals surface area (Å²) in [4.78, 5) is 12.9. The van der Waals surface area contributed by atoms with E-state index in [1.807, 2.05) is 30.3 Å². The highest BCUT2D eigenvalue weighted by Crippen LogP contribution is 2.11. The van der Waals surface area contributed by atoms with Gasteiger partial charge in [-0.2, -0.15) is 4.72 Å². The van der Waals surface area contributed by atoms with Crippen molar-refractivity contribution < 1.29 is 17.6 Å². The summed E-state index contributed by atoms with van der Waals surface area (Å²) >= 11 is 0. The molecule has 0 aliphatic rings. The van der Waals surface area contributed by atoms with Gasteiger partial charge in [-0.1, -0.05) is 60.7 Å². The first-order chi connectivity index (χ1) is 13.9. The minimum atomic E-state index is -3.87. The first kappa shape index (κ1) is 20.7. The van der Waals surface area contributed by atoms with Gasteiger partial charge in [0.25, 0.3) is 0 Å². The predicted molar refractivity (Wildman–Crippen MR) is 109 cm³/mol. The van der Waals surface area contributed by atoms with E-state index in [9.17, 15) is 17.6 Å². The van der Waals surface area contributed by atoms with E-state index in [-0.39, 0.29) is 23.7 Å². The summed E-state index contributed by atoms with van der Waals surface area (Å²) in [6, 6.07) is 21.8. The maximum absolute atomic E-state index is 13.0. The Morgan fingerprint density at radius 3 is 2.03 bits per heavy atom. The van der Waals surface area contributed by atoms with Gasteiger partial charge in [0, 0.05) is 6.54 Å². The smallest absolute Gasteiger partial charge is 0.241 e. The van der Waals surface area contributed by atoms with E-state index in [2.05, 4.69) is 10.0 Å². The van der Waals surface area contributed by atoms with E-state index in [0.717, 1.165) is 5.56 Å². The molecule has 3 aromatic carbocycles. The number of benzene rings is 3. The average molecular weight is 412 g/mol. The Morgan fingerprint density at radius 1 is 0.828 bits per heavy atom. The molecule has 0 aromatic heterocycles. The second kappa shape index (κ2) is 9.45. The zero-order valence-corrected chi connectivity index (χ0v) is 16.4. The van der Waals surface area contributed by atoms with Crippen LogP contribution in [0.25, 0.3) is 0 Å². The third kappa shape index (κ3) is 5.97. The molecule has 0 spiro atoms. The topological polar surface area (TPSA) is 75.3 Å². The Morgan fingerprint density at radius 2 is 1.41 bits per heavy atom. The zero-order valence-electron chi connectivity index (χ0n) is 15.6. The molecular weight excluding hydrogens is 391 g/mol. The monoisotopic (exact) mass is 412 g/mol. The van der Waals surface area contributed by atoms with Gasteiger partial charge in [-0.05, 0) is 41.8 Å². The molecule has 150 valence electrons. The van der Waals surface area contributed by atoms with Crippen LogP contribution in [0, 0.1) is 5.82 Å². The Bertz CT molecular complexity index is 1040. The predicted octanol–water partition coefficient (Wildman–Crippen LogP) is 3.03. The third-order valence-corrected chi connectivity index (χ3v) is 5.82. The van der Waals surface area contributed by atoms with Crippen molar-refractivity contribution in [2.75, 3.05) is 0 Å². The lowest BCUT2D eigenvalue weighted by molar-refractivity contribution is -0.122. The van der Waals surface area contributed by atoms with Crippen molar-refractivity contribution in [2.45, 2.75) is 23.9 Å². The fourth-order valence-corrected chi connectivity index (χ4v) is 4.02. The van der Waals surface area contributed by atoms with Crippen molar-refractivity contribution in [3.8, 4) is 0 Å². The number of carbonyl (C=O) groups is 1. The van der Waals surface area contributed by atoms with Crippen molar-refractivity contribution in [1.82, 2.24) is 10.0 Å². The lowest BCUT2D eigenvalue weighted by Crippen LogP contribution is -2.47. The molecule has 29 heavy (non-hydrogen) atoms. The first-order valence-corrected chi connectivity index (χ1v) is 10.6. The Kier molecular flexibility index (Phi) is 6.74.